The van der Waals surface area contributed by atoms with Gasteiger partial charge in [-0.2, -0.15) is 5.10 Å². The molecule has 1 aliphatic carbocycles. The highest BCUT2D eigenvalue weighted by molar-refractivity contribution is 5.89. The van der Waals surface area contributed by atoms with Crippen LogP contribution in [0, 0.1) is 0 Å². The van der Waals surface area contributed by atoms with E-state index >= 15 is 0 Å². The Balaban J connectivity index is 1.21. The zero-order chi connectivity index (χ0) is 31.0. The summed E-state index contributed by atoms with van der Waals surface area (Å²) in [5.74, 6) is 2.44. The van der Waals surface area contributed by atoms with Crippen LogP contribution in [0.15, 0.2) is 72.9 Å². The summed E-state index contributed by atoms with van der Waals surface area (Å²) in [5, 5.41) is 29.1. The van der Waals surface area contributed by atoms with Crippen LogP contribution in [-0.2, 0) is 12.0 Å². The summed E-state index contributed by atoms with van der Waals surface area (Å²) < 4.78 is 10.2. The summed E-state index contributed by atoms with van der Waals surface area (Å²) >= 11 is 0. The zero-order valence-corrected chi connectivity index (χ0v) is 25.8. The van der Waals surface area contributed by atoms with Crippen molar-refractivity contribution < 1.29 is 14.6 Å². The lowest BCUT2D eigenvalue weighted by Gasteiger charge is -2.32. The number of nitrogens with one attached hydrogen (secondary N) is 2. The minimum atomic E-state index is -0.308. The van der Waals surface area contributed by atoms with Gasteiger partial charge in [0.05, 0.1) is 30.2 Å². The molecule has 2 aromatic carbocycles. The number of aliphatic hydroxyl groups is 1. The van der Waals surface area contributed by atoms with Crippen molar-refractivity contribution in [2.75, 3.05) is 5.32 Å². The van der Waals surface area contributed by atoms with Gasteiger partial charge in [-0.1, -0.05) is 71.0 Å². The Morgan fingerprint density at radius 2 is 1.77 bits per heavy atom. The molecular formula is C34H39N7O3. The lowest BCUT2D eigenvalue weighted by Crippen LogP contribution is -2.36. The van der Waals surface area contributed by atoms with Crippen LogP contribution in [0.1, 0.15) is 93.7 Å². The Bertz CT molecular complexity index is 1780. The number of pyridine rings is 1. The fourth-order valence-corrected chi connectivity index (χ4v) is 5.63. The van der Waals surface area contributed by atoms with Crippen molar-refractivity contribution in [2.45, 2.75) is 77.5 Å². The third-order valence-electron chi connectivity index (χ3n) is 8.02. The standard InChI is InChI=1S/C34H39N7O3/c1-21(2)32-38-37-30-17-14-24(19-40(30)32)44-28-16-15-27(25-8-6-7-9-26(25)28)35-33(43)36-31-18-29(34(3,4)5)39-41(31)23-12-10-22(20-42)11-13-23/h6-14,17-19,21,27-28,42H,15-16,20H2,1-5H3,(H2,35,36,43)/t27-,28?/m0/s1. The van der Waals surface area contributed by atoms with E-state index in [9.17, 15) is 9.90 Å². The summed E-state index contributed by atoms with van der Waals surface area (Å²) in [6.07, 6.45) is 3.26. The maximum atomic E-state index is 13.4. The number of hydrogen-bond donors (Lipinski definition) is 3. The number of hydrogen-bond acceptors (Lipinski definition) is 6. The topological polar surface area (TPSA) is 119 Å². The molecule has 10 nitrogen and oxygen atoms in total. The van der Waals surface area contributed by atoms with E-state index in [4.69, 9.17) is 9.84 Å². The predicted octanol–water partition coefficient (Wildman–Crippen LogP) is 6.60. The third-order valence-corrected chi connectivity index (χ3v) is 8.02. The van der Waals surface area contributed by atoms with Gasteiger partial charge in [0.25, 0.3) is 0 Å². The minimum Gasteiger partial charge on any atom is -0.484 e. The van der Waals surface area contributed by atoms with Gasteiger partial charge in [-0.25, -0.2) is 9.48 Å². The van der Waals surface area contributed by atoms with Gasteiger partial charge in [-0.3, -0.25) is 9.72 Å². The number of amides is 2. The Labute approximate surface area is 257 Å². The number of urea groups is 1. The molecule has 228 valence electrons. The van der Waals surface area contributed by atoms with E-state index in [2.05, 4.69) is 67.6 Å². The fraction of sp³-hybridized carbons (Fsp3) is 0.353. The molecule has 3 N–H and O–H groups in total. The molecule has 5 aromatic rings. The van der Waals surface area contributed by atoms with E-state index in [0.717, 1.165) is 58.1 Å². The Hall–Kier alpha value is -4.70. The van der Waals surface area contributed by atoms with E-state index in [1.807, 2.05) is 65.2 Å². The average molecular weight is 594 g/mol. The largest absolute Gasteiger partial charge is 0.484 e. The van der Waals surface area contributed by atoms with E-state index in [1.54, 1.807) is 4.68 Å². The number of ether oxygens (including phenoxy) is 1. The second-order valence-electron chi connectivity index (χ2n) is 12.7. The van der Waals surface area contributed by atoms with Gasteiger partial charge in [0.15, 0.2) is 5.65 Å². The van der Waals surface area contributed by atoms with E-state index in [0.29, 0.717) is 5.82 Å². The van der Waals surface area contributed by atoms with Gasteiger partial charge < -0.3 is 15.2 Å². The van der Waals surface area contributed by atoms with Crippen molar-refractivity contribution in [3.63, 3.8) is 0 Å². The minimum absolute atomic E-state index is 0.0364. The van der Waals surface area contributed by atoms with Crippen LogP contribution in [-0.4, -0.2) is 35.5 Å². The number of anilines is 1. The number of aliphatic hydroxyl groups excluding tert-OH is 1. The van der Waals surface area contributed by atoms with Crippen LogP contribution in [0.3, 0.4) is 0 Å². The van der Waals surface area contributed by atoms with Gasteiger partial charge in [-0.05, 0) is 53.8 Å². The summed E-state index contributed by atoms with van der Waals surface area (Å²) in [5.41, 5.74) is 5.13. The Kier molecular flexibility index (Phi) is 7.85. The van der Waals surface area contributed by atoms with Gasteiger partial charge in [0, 0.05) is 17.4 Å². The van der Waals surface area contributed by atoms with Crippen LogP contribution in [0.25, 0.3) is 11.3 Å². The number of carbonyl (C=O) groups is 1. The highest BCUT2D eigenvalue weighted by atomic mass is 16.5. The molecule has 0 spiro atoms. The van der Waals surface area contributed by atoms with Crippen molar-refractivity contribution in [1.82, 2.24) is 29.7 Å². The number of aromatic nitrogens is 5. The quantitative estimate of drug-likeness (QED) is 0.196. The van der Waals surface area contributed by atoms with Gasteiger partial charge >= 0.3 is 6.03 Å². The molecule has 44 heavy (non-hydrogen) atoms. The lowest BCUT2D eigenvalue weighted by atomic mass is 9.85. The first-order chi connectivity index (χ1) is 21.1. The van der Waals surface area contributed by atoms with Gasteiger partial charge in [0.1, 0.15) is 23.5 Å². The molecule has 0 aliphatic heterocycles. The summed E-state index contributed by atoms with van der Waals surface area (Å²) in [4.78, 5) is 13.4. The molecule has 0 bridgehead atoms. The van der Waals surface area contributed by atoms with E-state index in [-0.39, 0.29) is 36.1 Å². The molecule has 3 heterocycles. The number of nitrogens with zero attached hydrogens (tertiary/aromatic N) is 5. The molecule has 2 atom stereocenters. The zero-order valence-electron chi connectivity index (χ0n) is 25.8. The summed E-state index contributed by atoms with van der Waals surface area (Å²) in [6.45, 7) is 10.4. The first-order valence-corrected chi connectivity index (χ1v) is 15.1. The normalized spacial score (nSPS) is 16.6. The van der Waals surface area contributed by atoms with Crippen molar-refractivity contribution >= 4 is 17.5 Å². The fourth-order valence-electron chi connectivity index (χ4n) is 5.63. The average Bonchev–Trinajstić information content (AvgIpc) is 3.63. The third kappa shape index (κ3) is 5.90. The van der Waals surface area contributed by atoms with Crippen molar-refractivity contribution in [3.8, 4) is 11.4 Å². The number of fused-ring (bicyclic) bond motifs is 2. The molecule has 0 saturated carbocycles. The Morgan fingerprint density at radius 3 is 2.48 bits per heavy atom. The van der Waals surface area contributed by atoms with Crippen LogP contribution in [0.4, 0.5) is 10.6 Å². The molecule has 0 radical (unpaired) electrons. The molecular weight excluding hydrogens is 554 g/mol. The van der Waals surface area contributed by atoms with E-state index in [1.165, 1.54) is 0 Å². The second kappa shape index (κ2) is 11.8. The predicted molar refractivity (Wildman–Crippen MR) is 169 cm³/mol. The Morgan fingerprint density at radius 1 is 1.02 bits per heavy atom. The van der Waals surface area contributed by atoms with Crippen LogP contribution >= 0.6 is 0 Å². The van der Waals surface area contributed by atoms with Crippen LogP contribution in [0.2, 0.25) is 0 Å². The summed E-state index contributed by atoms with van der Waals surface area (Å²) in [7, 11) is 0. The first-order valence-electron chi connectivity index (χ1n) is 15.1. The van der Waals surface area contributed by atoms with Gasteiger partial charge in [0.2, 0.25) is 0 Å². The molecule has 0 saturated heterocycles. The molecule has 1 unspecified atom stereocenters. The molecule has 3 aromatic heterocycles. The van der Waals surface area contributed by atoms with Crippen molar-refractivity contribution in [2.24, 2.45) is 0 Å². The molecule has 1 aliphatic rings. The monoisotopic (exact) mass is 593 g/mol. The first kappa shape index (κ1) is 29.4. The lowest BCUT2D eigenvalue weighted by molar-refractivity contribution is 0.171. The van der Waals surface area contributed by atoms with Crippen molar-refractivity contribution in [1.29, 1.82) is 0 Å². The molecule has 10 heteroatoms. The van der Waals surface area contributed by atoms with Crippen LogP contribution in [0.5, 0.6) is 5.75 Å². The molecule has 2 amide bonds. The number of carbonyl (C=O) groups excluding carboxylic acids is 1. The SMILES string of the molecule is CC(C)c1nnc2ccc(OC3CC[C@H](NC(=O)Nc4cc(C(C)(C)C)nn4-c4ccc(CO)cc4)c4ccccc43)cn12. The maximum Gasteiger partial charge on any atom is 0.320 e. The second-order valence-corrected chi connectivity index (χ2v) is 12.7. The molecule has 0 fully saturated rings. The van der Waals surface area contributed by atoms with E-state index < -0.39 is 0 Å². The smallest absolute Gasteiger partial charge is 0.320 e. The highest BCUT2D eigenvalue weighted by Crippen LogP contribution is 2.39. The highest BCUT2D eigenvalue weighted by Gasteiger charge is 2.30. The van der Waals surface area contributed by atoms with Crippen LogP contribution < -0.4 is 15.4 Å². The summed E-state index contributed by atoms with van der Waals surface area (Å²) in [6, 6.07) is 20.9. The molecule has 6 rings (SSSR count). The number of rotatable bonds is 7. The number of benzene rings is 2. The van der Waals surface area contributed by atoms with Crippen molar-refractivity contribution in [3.05, 3.63) is 101 Å². The maximum absolute atomic E-state index is 13.4. The van der Waals surface area contributed by atoms with Gasteiger partial charge in [-0.15, -0.1) is 10.2 Å².